The first-order valence-electron chi connectivity index (χ1n) is 6.16. The summed E-state index contributed by atoms with van der Waals surface area (Å²) >= 11 is 0. The fraction of sp³-hybridized carbons (Fsp3) is 0.917. The first-order chi connectivity index (χ1) is 7.15. The highest BCUT2D eigenvalue weighted by Gasteiger charge is 2.28. The summed E-state index contributed by atoms with van der Waals surface area (Å²) in [6, 6.07) is 0.535. The molecule has 0 bridgehead atoms. The van der Waals surface area contributed by atoms with Crippen LogP contribution in [0.1, 0.15) is 40.0 Å². The van der Waals surface area contributed by atoms with Crippen molar-refractivity contribution >= 4 is 5.91 Å². The molecule has 1 rings (SSSR count). The average Bonchev–Trinajstić information content (AvgIpc) is 3.06. The molecular formula is C12H24N2O. The zero-order valence-electron chi connectivity index (χ0n) is 10.2. The second-order valence-corrected chi connectivity index (χ2v) is 4.69. The maximum Gasteiger partial charge on any atom is 0.223 e. The molecule has 1 saturated carbocycles. The van der Waals surface area contributed by atoms with E-state index in [1.807, 2.05) is 0 Å². The van der Waals surface area contributed by atoms with Crippen molar-refractivity contribution in [2.45, 2.75) is 46.1 Å². The van der Waals surface area contributed by atoms with Gasteiger partial charge in [0.15, 0.2) is 0 Å². The lowest BCUT2D eigenvalue weighted by Gasteiger charge is -2.19. The van der Waals surface area contributed by atoms with E-state index in [4.69, 9.17) is 0 Å². The zero-order valence-corrected chi connectivity index (χ0v) is 10.2. The maximum atomic E-state index is 11.3. The quantitative estimate of drug-likeness (QED) is 0.628. The van der Waals surface area contributed by atoms with E-state index in [1.54, 1.807) is 0 Å². The Morgan fingerprint density at radius 1 is 1.33 bits per heavy atom. The molecule has 2 atom stereocenters. The summed E-state index contributed by atoms with van der Waals surface area (Å²) in [5, 5.41) is 6.39. The van der Waals surface area contributed by atoms with Gasteiger partial charge in [-0.1, -0.05) is 20.3 Å². The van der Waals surface area contributed by atoms with Crippen LogP contribution in [0.15, 0.2) is 0 Å². The van der Waals surface area contributed by atoms with E-state index in [0.29, 0.717) is 17.9 Å². The summed E-state index contributed by atoms with van der Waals surface area (Å²) in [6.45, 7) is 8.30. The molecule has 3 heteroatoms. The lowest BCUT2D eigenvalue weighted by molar-refractivity contribution is -0.122. The van der Waals surface area contributed by atoms with Gasteiger partial charge in [-0.2, -0.15) is 0 Å². The molecule has 0 saturated heterocycles. The molecule has 1 aliphatic rings. The molecule has 88 valence electrons. The Balaban J connectivity index is 1.98. The minimum atomic E-state index is 0.244. The predicted molar refractivity (Wildman–Crippen MR) is 62.7 cm³/mol. The lowest BCUT2D eigenvalue weighted by Crippen LogP contribution is -2.38. The van der Waals surface area contributed by atoms with E-state index in [1.165, 1.54) is 6.42 Å². The van der Waals surface area contributed by atoms with Gasteiger partial charge in [-0.05, 0) is 25.7 Å². The molecule has 2 unspecified atom stereocenters. The summed E-state index contributed by atoms with van der Waals surface area (Å²) < 4.78 is 0. The summed E-state index contributed by atoms with van der Waals surface area (Å²) in [4.78, 5) is 11.3. The highest BCUT2D eigenvalue weighted by Crippen LogP contribution is 2.28. The smallest absolute Gasteiger partial charge is 0.223 e. The Hall–Kier alpha value is -0.570. The summed E-state index contributed by atoms with van der Waals surface area (Å²) in [5.74, 6) is 1.27. The third-order valence-corrected chi connectivity index (χ3v) is 3.34. The lowest BCUT2D eigenvalue weighted by atomic mass is 10.0. The van der Waals surface area contributed by atoms with Crippen molar-refractivity contribution < 1.29 is 4.79 Å². The van der Waals surface area contributed by atoms with Crippen molar-refractivity contribution in [3.05, 3.63) is 0 Å². The number of hydrogen-bond donors (Lipinski definition) is 2. The van der Waals surface area contributed by atoms with Gasteiger partial charge in [0.2, 0.25) is 5.91 Å². The minimum Gasteiger partial charge on any atom is -0.355 e. The molecule has 0 spiro atoms. The number of carbonyl (C=O) groups excluding carboxylic acids is 1. The largest absolute Gasteiger partial charge is 0.355 e. The van der Waals surface area contributed by atoms with Crippen LogP contribution in [0.4, 0.5) is 0 Å². The second-order valence-electron chi connectivity index (χ2n) is 4.69. The molecule has 1 amide bonds. The van der Waals surface area contributed by atoms with Crippen LogP contribution >= 0.6 is 0 Å². The summed E-state index contributed by atoms with van der Waals surface area (Å²) in [5.41, 5.74) is 0. The van der Waals surface area contributed by atoms with E-state index in [9.17, 15) is 4.79 Å². The van der Waals surface area contributed by atoms with Gasteiger partial charge in [0.05, 0.1) is 0 Å². The molecule has 0 aromatic carbocycles. The minimum absolute atomic E-state index is 0.244. The molecule has 0 aliphatic heterocycles. The predicted octanol–water partition coefficient (Wildman–Crippen LogP) is 1.54. The monoisotopic (exact) mass is 212 g/mol. The molecule has 1 fully saturated rings. The Labute approximate surface area is 93.0 Å². The molecular weight excluding hydrogens is 188 g/mol. The number of rotatable bonds is 7. The first-order valence-corrected chi connectivity index (χ1v) is 6.16. The fourth-order valence-corrected chi connectivity index (χ4v) is 1.53. The van der Waals surface area contributed by atoms with Gasteiger partial charge >= 0.3 is 0 Å². The van der Waals surface area contributed by atoms with E-state index in [-0.39, 0.29) is 5.91 Å². The highest BCUT2D eigenvalue weighted by molar-refractivity contribution is 5.80. The van der Waals surface area contributed by atoms with E-state index >= 15 is 0 Å². The van der Waals surface area contributed by atoms with Crippen LogP contribution in [0.3, 0.4) is 0 Å². The van der Waals surface area contributed by atoms with Crippen molar-refractivity contribution in [3.63, 3.8) is 0 Å². The molecule has 1 aliphatic carbocycles. The van der Waals surface area contributed by atoms with Gasteiger partial charge in [0.1, 0.15) is 0 Å². The number of carbonyl (C=O) groups is 1. The normalized spacial score (nSPS) is 19.7. The Bertz CT molecular complexity index is 202. The fourth-order valence-electron chi connectivity index (χ4n) is 1.53. The third kappa shape index (κ3) is 4.65. The topological polar surface area (TPSA) is 41.1 Å². The second kappa shape index (κ2) is 6.11. The van der Waals surface area contributed by atoms with Crippen LogP contribution in [-0.4, -0.2) is 25.0 Å². The van der Waals surface area contributed by atoms with Crippen LogP contribution in [-0.2, 0) is 4.79 Å². The van der Waals surface area contributed by atoms with Crippen molar-refractivity contribution in [1.29, 1.82) is 0 Å². The van der Waals surface area contributed by atoms with Crippen molar-refractivity contribution in [2.75, 3.05) is 13.1 Å². The Kier molecular flexibility index (Phi) is 5.09. The van der Waals surface area contributed by atoms with E-state index in [0.717, 1.165) is 25.9 Å². The molecule has 0 heterocycles. The van der Waals surface area contributed by atoms with Gasteiger partial charge in [-0.3, -0.25) is 4.79 Å². The van der Waals surface area contributed by atoms with Crippen LogP contribution < -0.4 is 10.6 Å². The standard InChI is InChI=1S/C12H24N2O/c1-4-9(2)10(3)13-7-8-14-12(15)11-5-6-11/h9-11,13H,4-8H2,1-3H3,(H,14,15). The van der Waals surface area contributed by atoms with Crippen LogP contribution in [0, 0.1) is 11.8 Å². The van der Waals surface area contributed by atoms with Gasteiger partial charge < -0.3 is 10.6 Å². The molecule has 15 heavy (non-hydrogen) atoms. The molecule has 2 N–H and O–H groups in total. The van der Waals surface area contributed by atoms with Crippen LogP contribution in [0.5, 0.6) is 0 Å². The summed E-state index contributed by atoms with van der Waals surface area (Å²) in [7, 11) is 0. The van der Waals surface area contributed by atoms with Crippen molar-refractivity contribution in [2.24, 2.45) is 11.8 Å². The summed E-state index contributed by atoms with van der Waals surface area (Å²) in [6.07, 6.45) is 3.37. The molecule has 3 nitrogen and oxygen atoms in total. The highest BCUT2D eigenvalue weighted by atomic mass is 16.2. The van der Waals surface area contributed by atoms with Crippen molar-refractivity contribution in [3.8, 4) is 0 Å². The van der Waals surface area contributed by atoms with Gasteiger partial charge in [0, 0.05) is 25.0 Å². The Morgan fingerprint density at radius 2 is 2.00 bits per heavy atom. The number of hydrogen-bond acceptors (Lipinski definition) is 2. The maximum absolute atomic E-state index is 11.3. The number of amides is 1. The first kappa shape index (κ1) is 12.5. The molecule has 0 aromatic rings. The SMILES string of the molecule is CCC(C)C(C)NCCNC(=O)C1CC1. The Morgan fingerprint density at radius 3 is 2.53 bits per heavy atom. The van der Waals surface area contributed by atoms with Gasteiger partial charge in [-0.15, -0.1) is 0 Å². The van der Waals surface area contributed by atoms with Gasteiger partial charge in [0.25, 0.3) is 0 Å². The van der Waals surface area contributed by atoms with E-state index in [2.05, 4.69) is 31.4 Å². The zero-order chi connectivity index (χ0) is 11.3. The van der Waals surface area contributed by atoms with E-state index < -0.39 is 0 Å². The third-order valence-electron chi connectivity index (χ3n) is 3.34. The van der Waals surface area contributed by atoms with Crippen LogP contribution in [0.2, 0.25) is 0 Å². The van der Waals surface area contributed by atoms with Gasteiger partial charge in [-0.25, -0.2) is 0 Å². The molecule has 0 radical (unpaired) electrons. The van der Waals surface area contributed by atoms with Crippen molar-refractivity contribution in [1.82, 2.24) is 10.6 Å². The average molecular weight is 212 g/mol. The number of nitrogens with one attached hydrogen (secondary N) is 2. The molecule has 0 aromatic heterocycles. The van der Waals surface area contributed by atoms with Crippen LogP contribution in [0.25, 0.3) is 0 Å².